The van der Waals surface area contributed by atoms with Crippen LogP contribution < -0.4 is 9.64 Å². The molecule has 5 rings (SSSR count). The number of carbonyl (C=O) groups is 1. The van der Waals surface area contributed by atoms with E-state index < -0.39 is 0 Å². The van der Waals surface area contributed by atoms with Gasteiger partial charge < -0.3 is 14.5 Å². The molecule has 0 aliphatic carbocycles. The summed E-state index contributed by atoms with van der Waals surface area (Å²) in [5, 5.41) is 0. The highest BCUT2D eigenvalue weighted by molar-refractivity contribution is 5.83. The Morgan fingerprint density at radius 1 is 1.09 bits per heavy atom. The molecule has 0 bridgehead atoms. The van der Waals surface area contributed by atoms with Crippen LogP contribution in [0.2, 0.25) is 0 Å². The van der Waals surface area contributed by atoms with Crippen molar-refractivity contribution in [1.29, 1.82) is 0 Å². The second-order valence-corrected chi connectivity index (χ2v) is 9.89. The van der Waals surface area contributed by atoms with Crippen LogP contribution in [0.3, 0.4) is 0 Å². The third-order valence-corrected chi connectivity index (χ3v) is 7.19. The van der Waals surface area contributed by atoms with E-state index >= 15 is 0 Å². The lowest BCUT2D eigenvalue weighted by molar-refractivity contribution is -0.143. The van der Waals surface area contributed by atoms with Gasteiger partial charge in [0, 0.05) is 56.1 Å². The molecular weight excluding hydrogens is 440 g/mol. The first-order chi connectivity index (χ1) is 17.0. The number of benzene rings is 1. The van der Waals surface area contributed by atoms with Gasteiger partial charge in [-0.05, 0) is 56.4 Å². The molecule has 3 aromatic rings. The van der Waals surface area contributed by atoms with Gasteiger partial charge >= 0.3 is 0 Å². The summed E-state index contributed by atoms with van der Waals surface area (Å²) in [6.45, 7) is 7.17. The number of aromatic nitrogens is 4. The van der Waals surface area contributed by atoms with E-state index in [0.717, 1.165) is 68.3 Å². The number of hydrogen-bond donors (Lipinski definition) is 0. The number of aryl methyl sites for hydroxylation is 1. The number of likely N-dealkylation sites (tertiary alicyclic amines) is 1. The minimum atomic E-state index is -0.366. The van der Waals surface area contributed by atoms with Gasteiger partial charge in [0.1, 0.15) is 5.75 Å². The summed E-state index contributed by atoms with van der Waals surface area (Å²) in [6, 6.07) is 9.71. The van der Waals surface area contributed by atoms with E-state index in [1.165, 1.54) is 0 Å². The van der Waals surface area contributed by atoms with Crippen molar-refractivity contribution in [3.05, 3.63) is 66.4 Å². The molecule has 2 fully saturated rings. The highest BCUT2D eigenvalue weighted by Crippen LogP contribution is 2.36. The molecule has 2 aliphatic rings. The number of piperidine rings is 2. The summed E-state index contributed by atoms with van der Waals surface area (Å²) in [7, 11) is 0. The molecule has 182 valence electrons. The van der Waals surface area contributed by atoms with Crippen LogP contribution in [0.5, 0.6) is 11.6 Å². The number of amides is 1. The van der Waals surface area contributed by atoms with Crippen LogP contribution in [-0.2, 0) is 4.79 Å². The molecule has 8 heteroatoms. The van der Waals surface area contributed by atoms with Gasteiger partial charge in [0.05, 0.1) is 11.9 Å². The van der Waals surface area contributed by atoms with Crippen LogP contribution >= 0.6 is 0 Å². The number of ether oxygens (including phenoxy) is 1. The summed E-state index contributed by atoms with van der Waals surface area (Å²) in [5.41, 5.74) is 1.65. The Morgan fingerprint density at radius 2 is 1.89 bits per heavy atom. The van der Waals surface area contributed by atoms with E-state index in [-0.39, 0.29) is 17.2 Å². The van der Waals surface area contributed by atoms with E-state index in [1.54, 1.807) is 18.6 Å². The molecule has 2 aliphatic heterocycles. The number of hydrogen-bond acceptors (Lipinski definition) is 7. The normalized spacial score (nSPS) is 19.9. The van der Waals surface area contributed by atoms with Gasteiger partial charge in [-0.15, -0.1) is 0 Å². The van der Waals surface area contributed by atoms with Gasteiger partial charge in [0.15, 0.2) is 0 Å². The fourth-order valence-electron chi connectivity index (χ4n) is 5.06. The fraction of sp³-hybridized carbons (Fsp3) is 0.444. The first kappa shape index (κ1) is 23.2. The summed E-state index contributed by atoms with van der Waals surface area (Å²) in [5.74, 6) is 2.38. The van der Waals surface area contributed by atoms with Gasteiger partial charge in [-0.2, -0.15) is 0 Å². The Balaban J connectivity index is 1.23. The second-order valence-electron chi connectivity index (χ2n) is 9.89. The molecule has 35 heavy (non-hydrogen) atoms. The summed E-state index contributed by atoms with van der Waals surface area (Å²) in [4.78, 5) is 35.7. The van der Waals surface area contributed by atoms with Crippen molar-refractivity contribution in [2.75, 3.05) is 31.1 Å². The smallest absolute Gasteiger partial charge is 0.238 e. The minimum Gasteiger partial charge on any atom is -0.437 e. The quantitative estimate of drug-likeness (QED) is 0.545. The van der Waals surface area contributed by atoms with Crippen molar-refractivity contribution in [3.63, 3.8) is 0 Å². The van der Waals surface area contributed by atoms with Gasteiger partial charge in [0.2, 0.25) is 17.7 Å². The van der Waals surface area contributed by atoms with Crippen LogP contribution in [0.4, 0.5) is 5.95 Å². The van der Waals surface area contributed by atoms with E-state index in [0.29, 0.717) is 12.4 Å². The monoisotopic (exact) mass is 472 g/mol. The van der Waals surface area contributed by atoms with Crippen molar-refractivity contribution in [2.45, 2.75) is 45.4 Å². The molecule has 1 aromatic carbocycles. The summed E-state index contributed by atoms with van der Waals surface area (Å²) < 4.78 is 5.95. The maximum Gasteiger partial charge on any atom is 0.238 e. The highest BCUT2D eigenvalue weighted by Gasteiger charge is 2.41. The van der Waals surface area contributed by atoms with Crippen molar-refractivity contribution < 1.29 is 9.53 Å². The van der Waals surface area contributed by atoms with Crippen LogP contribution in [-0.4, -0.2) is 56.9 Å². The number of rotatable bonds is 5. The Hall–Kier alpha value is -3.55. The van der Waals surface area contributed by atoms with Crippen molar-refractivity contribution in [3.8, 4) is 11.6 Å². The summed E-state index contributed by atoms with van der Waals surface area (Å²) in [6.07, 6.45) is 10.5. The first-order valence-corrected chi connectivity index (χ1v) is 12.4. The zero-order valence-electron chi connectivity index (χ0n) is 20.4. The maximum atomic E-state index is 13.7. The van der Waals surface area contributed by atoms with Gasteiger partial charge in [0.25, 0.3) is 0 Å². The largest absolute Gasteiger partial charge is 0.437 e. The molecule has 2 saturated heterocycles. The zero-order valence-corrected chi connectivity index (χ0v) is 20.4. The molecule has 0 N–H and O–H groups in total. The average molecular weight is 473 g/mol. The van der Waals surface area contributed by atoms with Crippen molar-refractivity contribution >= 4 is 11.9 Å². The van der Waals surface area contributed by atoms with Gasteiger partial charge in [-0.1, -0.05) is 19.1 Å². The lowest BCUT2D eigenvalue weighted by Gasteiger charge is -2.43. The lowest BCUT2D eigenvalue weighted by atomic mass is 9.78. The van der Waals surface area contributed by atoms with Crippen LogP contribution in [0, 0.1) is 12.3 Å². The second kappa shape index (κ2) is 9.98. The third-order valence-electron chi connectivity index (χ3n) is 7.19. The Kier molecular flexibility index (Phi) is 6.61. The van der Waals surface area contributed by atoms with Crippen molar-refractivity contribution in [1.82, 2.24) is 24.8 Å². The Labute approximate surface area is 206 Å². The van der Waals surface area contributed by atoms with E-state index in [1.807, 2.05) is 48.4 Å². The highest BCUT2D eigenvalue weighted by atomic mass is 16.5. The number of anilines is 1. The predicted molar refractivity (Wildman–Crippen MR) is 133 cm³/mol. The first-order valence-electron chi connectivity index (χ1n) is 12.4. The fourth-order valence-corrected chi connectivity index (χ4v) is 5.06. The third kappa shape index (κ3) is 5.26. The molecule has 2 aromatic heterocycles. The Bertz CT molecular complexity index is 1160. The topological polar surface area (TPSA) is 84.3 Å². The van der Waals surface area contributed by atoms with Crippen LogP contribution in [0.15, 0.2) is 55.1 Å². The number of nitrogens with zero attached hydrogens (tertiary/aromatic N) is 6. The molecule has 0 radical (unpaired) electrons. The zero-order chi connectivity index (χ0) is 24.3. The standard InChI is InChI=1S/C27H32N6O2/c1-20-6-3-8-22(16-20)35-24-18-28-17-23(31-24)21-7-4-13-33(19-21)25(34)27(2)9-14-32(15-10-27)26-29-11-5-12-30-26/h3,5-6,8,11-12,16-18,21H,4,7,9-10,13-15,19H2,1-2H3/t21-/m0/s1. The van der Waals surface area contributed by atoms with Crippen molar-refractivity contribution in [2.24, 2.45) is 5.41 Å². The molecule has 1 atom stereocenters. The lowest BCUT2D eigenvalue weighted by Crippen LogP contribution is -2.51. The van der Waals surface area contributed by atoms with Gasteiger partial charge in [-0.3, -0.25) is 9.78 Å². The minimum absolute atomic E-state index is 0.155. The van der Waals surface area contributed by atoms with E-state index in [9.17, 15) is 4.79 Å². The maximum absolute atomic E-state index is 13.7. The molecule has 4 heterocycles. The molecular formula is C27H32N6O2. The SMILES string of the molecule is Cc1cccc(Oc2cncc([C@H]3CCCN(C(=O)C4(C)CCN(c5ncccn5)CC4)C3)n2)c1. The van der Waals surface area contributed by atoms with E-state index in [4.69, 9.17) is 9.72 Å². The van der Waals surface area contributed by atoms with Crippen LogP contribution in [0.1, 0.15) is 49.8 Å². The predicted octanol–water partition coefficient (Wildman–Crippen LogP) is 4.38. The molecule has 8 nitrogen and oxygen atoms in total. The van der Waals surface area contributed by atoms with E-state index in [2.05, 4.69) is 26.8 Å². The summed E-state index contributed by atoms with van der Waals surface area (Å²) >= 11 is 0. The van der Waals surface area contributed by atoms with Gasteiger partial charge in [-0.25, -0.2) is 15.0 Å². The average Bonchev–Trinajstić information content (AvgIpc) is 2.89. The molecule has 0 spiro atoms. The Morgan fingerprint density at radius 3 is 2.66 bits per heavy atom. The molecule has 0 unspecified atom stereocenters. The molecule has 1 amide bonds. The number of carbonyl (C=O) groups excluding carboxylic acids is 1. The van der Waals surface area contributed by atoms with Crippen LogP contribution in [0.25, 0.3) is 0 Å². The molecule has 0 saturated carbocycles.